The minimum absolute atomic E-state index is 0.0955. The van der Waals surface area contributed by atoms with E-state index < -0.39 is 0 Å². The van der Waals surface area contributed by atoms with Gasteiger partial charge < -0.3 is 15.7 Å². The lowest BCUT2D eigenvalue weighted by molar-refractivity contribution is 0.306. The zero-order valence-electron chi connectivity index (χ0n) is 7.78. The van der Waals surface area contributed by atoms with Crippen LogP contribution in [-0.4, -0.2) is 17.6 Å². The molecule has 0 aliphatic carbocycles. The van der Waals surface area contributed by atoms with Crippen LogP contribution in [0.5, 0.6) is 5.75 Å². The van der Waals surface area contributed by atoms with Crippen molar-refractivity contribution in [3.05, 3.63) is 28.2 Å². The molecule has 0 saturated heterocycles. The number of halogens is 2. The van der Waals surface area contributed by atoms with Crippen LogP contribution in [0.1, 0.15) is 6.42 Å². The minimum atomic E-state index is 0.0955. The van der Waals surface area contributed by atoms with Crippen molar-refractivity contribution in [3.63, 3.8) is 0 Å². The third-order valence-electron chi connectivity index (χ3n) is 1.65. The minimum Gasteiger partial charge on any atom is -0.490 e. The lowest BCUT2D eigenvalue weighted by Crippen LogP contribution is -2.15. The molecule has 0 unspecified atom stereocenters. The molecule has 0 spiro atoms. The standard InChI is InChI=1S/C9H10Cl2N2O2/c10-6-2-1-3-7(11)9(6)15-5-4-8(12)13-14/h1-3,14H,4-5H2,(H2,12,13). The van der Waals surface area contributed by atoms with Crippen molar-refractivity contribution in [1.82, 2.24) is 0 Å². The van der Waals surface area contributed by atoms with Gasteiger partial charge in [-0.25, -0.2) is 0 Å². The Morgan fingerprint density at radius 2 is 2.00 bits per heavy atom. The van der Waals surface area contributed by atoms with Gasteiger partial charge in [-0.1, -0.05) is 34.4 Å². The van der Waals surface area contributed by atoms with Crippen molar-refractivity contribution in [2.45, 2.75) is 6.42 Å². The van der Waals surface area contributed by atoms with E-state index in [9.17, 15) is 0 Å². The summed E-state index contributed by atoms with van der Waals surface area (Å²) in [6.07, 6.45) is 0.304. The van der Waals surface area contributed by atoms with Crippen molar-refractivity contribution in [2.75, 3.05) is 6.61 Å². The number of benzene rings is 1. The normalized spacial score (nSPS) is 11.5. The summed E-state index contributed by atoms with van der Waals surface area (Å²) in [5, 5.41) is 12.0. The monoisotopic (exact) mass is 248 g/mol. The molecule has 0 heterocycles. The van der Waals surface area contributed by atoms with E-state index in [1.807, 2.05) is 0 Å². The molecule has 0 bridgehead atoms. The highest BCUT2D eigenvalue weighted by Gasteiger charge is 2.06. The maximum atomic E-state index is 8.30. The van der Waals surface area contributed by atoms with Crippen LogP contribution >= 0.6 is 23.2 Å². The van der Waals surface area contributed by atoms with Gasteiger partial charge in [-0.05, 0) is 12.1 Å². The third kappa shape index (κ3) is 3.49. The highest BCUT2D eigenvalue weighted by Crippen LogP contribution is 2.32. The van der Waals surface area contributed by atoms with Crippen molar-refractivity contribution in [1.29, 1.82) is 0 Å². The summed E-state index contributed by atoms with van der Waals surface area (Å²) in [6.45, 7) is 0.249. The summed E-state index contributed by atoms with van der Waals surface area (Å²) in [6, 6.07) is 5.07. The number of nitrogens with zero attached hydrogens (tertiary/aromatic N) is 1. The number of hydrogen-bond donors (Lipinski definition) is 2. The number of rotatable bonds is 4. The Labute approximate surface area is 97.2 Å². The second-order valence-electron chi connectivity index (χ2n) is 2.74. The van der Waals surface area contributed by atoms with Gasteiger partial charge >= 0.3 is 0 Å². The van der Waals surface area contributed by atoms with E-state index in [4.69, 9.17) is 38.9 Å². The van der Waals surface area contributed by atoms with Crippen molar-refractivity contribution in [2.24, 2.45) is 10.9 Å². The molecule has 0 saturated carbocycles. The first kappa shape index (κ1) is 11.9. The van der Waals surface area contributed by atoms with Crippen LogP contribution < -0.4 is 10.5 Å². The molecule has 6 heteroatoms. The zero-order valence-corrected chi connectivity index (χ0v) is 9.29. The molecule has 0 fully saturated rings. The molecule has 4 nitrogen and oxygen atoms in total. The van der Waals surface area contributed by atoms with Crippen molar-refractivity contribution in [3.8, 4) is 5.75 Å². The Balaban J connectivity index is 2.58. The fourth-order valence-corrected chi connectivity index (χ4v) is 1.43. The molecule has 0 radical (unpaired) electrons. The third-order valence-corrected chi connectivity index (χ3v) is 2.25. The lowest BCUT2D eigenvalue weighted by atomic mass is 10.3. The summed E-state index contributed by atoms with van der Waals surface area (Å²) in [7, 11) is 0. The second kappa shape index (κ2) is 5.68. The van der Waals surface area contributed by atoms with Crippen LogP contribution in [0.3, 0.4) is 0 Å². The van der Waals surface area contributed by atoms with Gasteiger partial charge in [0, 0.05) is 6.42 Å². The molecule has 3 N–H and O–H groups in total. The fraction of sp³-hybridized carbons (Fsp3) is 0.222. The quantitative estimate of drug-likeness (QED) is 0.373. The van der Waals surface area contributed by atoms with Crippen LogP contribution in [0.2, 0.25) is 10.0 Å². The predicted octanol–water partition coefficient (Wildman–Crippen LogP) is 2.51. The average Bonchev–Trinajstić information content (AvgIpc) is 2.22. The van der Waals surface area contributed by atoms with Crippen LogP contribution in [0.15, 0.2) is 23.4 Å². The molecular weight excluding hydrogens is 239 g/mol. The van der Waals surface area contributed by atoms with Crippen LogP contribution in [0.4, 0.5) is 0 Å². The molecule has 0 amide bonds. The fourth-order valence-electron chi connectivity index (χ4n) is 0.928. The highest BCUT2D eigenvalue weighted by molar-refractivity contribution is 6.37. The van der Waals surface area contributed by atoms with E-state index in [1.54, 1.807) is 18.2 Å². The Hall–Kier alpha value is -1.13. The molecule has 0 aliphatic rings. The summed E-state index contributed by atoms with van der Waals surface area (Å²) < 4.78 is 5.30. The zero-order chi connectivity index (χ0) is 11.3. The van der Waals surface area contributed by atoms with Gasteiger partial charge in [0.25, 0.3) is 0 Å². The second-order valence-corrected chi connectivity index (χ2v) is 3.55. The molecule has 15 heavy (non-hydrogen) atoms. The van der Waals surface area contributed by atoms with E-state index in [0.29, 0.717) is 22.2 Å². The lowest BCUT2D eigenvalue weighted by Gasteiger charge is -2.08. The first-order valence-electron chi connectivity index (χ1n) is 4.18. The molecule has 0 aliphatic heterocycles. The Morgan fingerprint density at radius 3 is 2.53 bits per heavy atom. The van der Waals surface area contributed by atoms with Crippen LogP contribution in [-0.2, 0) is 0 Å². The van der Waals surface area contributed by atoms with Crippen LogP contribution in [0.25, 0.3) is 0 Å². The molecule has 0 atom stereocenters. The summed E-state index contributed by atoms with van der Waals surface area (Å²) in [5.74, 6) is 0.504. The van der Waals surface area contributed by atoms with E-state index in [0.717, 1.165) is 0 Å². The van der Waals surface area contributed by atoms with Crippen LogP contribution in [0, 0.1) is 0 Å². The number of para-hydroxylation sites is 1. The number of oxime groups is 1. The summed E-state index contributed by atoms with van der Waals surface area (Å²) in [5.41, 5.74) is 5.27. The van der Waals surface area contributed by atoms with Gasteiger partial charge in [0.1, 0.15) is 5.84 Å². The van der Waals surface area contributed by atoms with Gasteiger partial charge in [-0.3, -0.25) is 0 Å². The summed E-state index contributed by atoms with van der Waals surface area (Å²) in [4.78, 5) is 0. The Bertz CT molecular complexity index is 349. The first-order chi connectivity index (χ1) is 7.15. The van der Waals surface area contributed by atoms with E-state index in [-0.39, 0.29) is 12.4 Å². The Morgan fingerprint density at radius 1 is 1.40 bits per heavy atom. The predicted molar refractivity (Wildman–Crippen MR) is 60.0 cm³/mol. The van der Waals surface area contributed by atoms with Gasteiger partial charge in [0.15, 0.2) is 5.75 Å². The number of ether oxygens (including phenoxy) is 1. The maximum absolute atomic E-state index is 8.30. The van der Waals surface area contributed by atoms with E-state index in [2.05, 4.69) is 5.16 Å². The smallest absolute Gasteiger partial charge is 0.156 e. The topological polar surface area (TPSA) is 67.8 Å². The molecule has 1 aromatic rings. The summed E-state index contributed by atoms with van der Waals surface area (Å²) >= 11 is 11.7. The maximum Gasteiger partial charge on any atom is 0.156 e. The van der Waals surface area contributed by atoms with Gasteiger partial charge in [-0.15, -0.1) is 0 Å². The van der Waals surface area contributed by atoms with Gasteiger partial charge in [0.2, 0.25) is 0 Å². The molecule has 1 aromatic carbocycles. The highest BCUT2D eigenvalue weighted by atomic mass is 35.5. The number of amidine groups is 1. The molecule has 82 valence electrons. The average molecular weight is 249 g/mol. The SMILES string of the molecule is N/C(CCOc1c(Cl)cccc1Cl)=N\O. The van der Waals surface area contributed by atoms with Crippen molar-refractivity contribution >= 4 is 29.0 Å². The molecular formula is C9H10Cl2N2O2. The van der Waals surface area contributed by atoms with E-state index >= 15 is 0 Å². The van der Waals surface area contributed by atoms with Crippen molar-refractivity contribution < 1.29 is 9.94 Å². The Kier molecular flexibility index (Phi) is 4.52. The number of nitrogens with two attached hydrogens (primary N) is 1. The molecule has 1 rings (SSSR count). The van der Waals surface area contributed by atoms with Gasteiger partial charge in [-0.2, -0.15) is 0 Å². The largest absolute Gasteiger partial charge is 0.490 e. The van der Waals surface area contributed by atoms with Gasteiger partial charge in [0.05, 0.1) is 16.7 Å². The first-order valence-corrected chi connectivity index (χ1v) is 4.94. The number of hydrogen-bond acceptors (Lipinski definition) is 3. The van der Waals surface area contributed by atoms with E-state index in [1.165, 1.54) is 0 Å². The molecule has 0 aromatic heterocycles.